The molecule has 1 amide bonds. The molecule has 0 bridgehead atoms. The Labute approximate surface area is 82.6 Å². The predicted octanol–water partition coefficient (Wildman–Crippen LogP) is 0.281. The van der Waals surface area contributed by atoms with Crippen LogP contribution in [-0.4, -0.2) is 35.7 Å². The molecule has 0 saturated carbocycles. The van der Waals surface area contributed by atoms with Crippen molar-refractivity contribution in [1.82, 2.24) is 9.88 Å². The Balaban J connectivity index is 2.41. The maximum atomic E-state index is 10.9. The first-order valence-corrected chi connectivity index (χ1v) is 4.34. The molecular formula is C10H12N2O2. The van der Waals surface area contributed by atoms with E-state index < -0.39 is 5.91 Å². The van der Waals surface area contributed by atoms with Gasteiger partial charge < -0.3 is 4.90 Å². The van der Waals surface area contributed by atoms with E-state index in [0.717, 1.165) is 5.69 Å². The van der Waals surface area contributed by atoms with E-state index in [9.17, 15) is 9.59 Å². The van der Waals surface area contributed by atoms with Crippen LogP contribution in [0, 0.1) is 0 Å². The molecule has 0 saturated heterocycles. The Morgan fingerprint density at radius 2 is 2.36 bits per heavy atom. The standard InChI is InChI=1S/C10H12N2O2/c1-12(10(14)8-13)7-5-9-4-2-3-6-11-9/h2-4,6,8H,5,7H2,1H3. The zero-order valence-electron chi connectivity index (χ0n) is 8.01. The van der Waals surface area contributed by atoms with E-state index in [1.54, 1.807) is 13.2 Å². The van der Waals surface area contributed by atoms with Crippen LogP contribution in [0.3, 0.4) is 0 Å². The van der Waals surface area contributed by atoms with Gasteiger partial charge in [0.2, 0.25) is 6.29 Å². The van der Waals surface area contributed by atoms with Crippen LogP contribution in [0.5, 0.6) is 0 Å². The largest absolute Gasteiger partial charge is 0.339 e. The fourth-order valence-electron chi connectivity index (χ4n) is 1.03. The van der Waals surface area contributed by atoms with Crippen molar-refractivity contribution < 1.29 is 9.59 Å². The van der Waals surface area contributed by atoms with Crippen molar-refractivity contribution in [2.45, 2.75) is 6.42 Å². The third-order valence-electron chi connectivity index (χ3n) is 1.91. The molecule has 0 radical (unpaired) electrons. The molecule has 0 unspecified atom stereocenters. The summed E-state index contributed by atoms with van der Waals surface area (Å²) in [6.45, 7) is 0.509. The number of rotatable bonds is 4. The fourth-order valence-corrected chi connectivity index (χ4v) is 1.03. The van der Waals surface area contributed by atoms with Gasteiger partial charge in [-0.2, -0.15) is 0 Å². The van der Waals surface area contributed by atoms with Crippen molar-refractivity contribution in [1.29, 1.82) is 0 Å². The monoisotopic (exact) mass is 192 g/mol. The van der Waals surface area contributed by atoms with Gasteiger partial charge in [0.25, 0.3) is 5.91 Å². The molecule has 4 heteroatoms. The minimum absolute atomic E-state index is 0.318. The second kappa shape index (κ2) is 5.11. The third-order valence-corrected chi connectivity index (χ3v) is 1.91. The van der Waals surface area contributed by atoms with Crippen molar-refractivity contribution in [3.8, 4) is 0 Å². The fraction of sp³-hybridized carbons (Fsp3) is 0.300. The summed E-state index contributed by atoms with van der Waals surface area (Å²) in [5, 5.41) is 0. The Morgan fingerprint density at radius 1 is 1.57 bits per heavy atom. The molecule has 0 aliphatic heterocycles. The number of aldehydes is 1. The summed E-state index contributed by atoms with van der Waals surface area (Å²) in [4.78, 5) is 26.5. The van der Waals surface area contributed by atoms with Gasteiger partial charge in [-0.05, 0) is 12.1 Å². The first kappa shape index (κ1) is 10.4. The number of aromatic nitrogens is 1. The second-order valence-electron chi connectivity index (χ2n) is 2.95. The summed E-state index contributed by atoms with van der Waals surface area (Å²) in [5.41, 5.74) is 0.915. The number of hydrogen-bond acceptors (Lipinski definition) is 3. The zero-order valence-corrected chi connectivity index (χ0v) is 8.01. The number of hydrogen-bond donors (Lipinski definition) is 0. The van der Waals surface area contributed by atoms with E-state index in [4.69, 9.17) is 0 Å². The van der Waals surface area contributed by atoms with Gasteiger partial charge in [0.05, 0.1) is 0 Å². The number of amides is 1. The van der Waals surface area contributed by atoms with Crippen molar-refractivity contribution in [2.75, 3.05) is 13.6 Å². The average molecular weight is 192 g/mol. The molecule has 1 aromatic heterocycles. The van der Waals surface area contributed by atoms with Crippen molar-refractivity contribution in [2.24, 2.45) is 0 Å². The molecule has 4 nitrogen and oxygen atoms in total. The van der Waals surface area contributed by atoms with Gasteiger partial charge in [0.1, 0.15) is 0 Å². The van der Waals surface area contributed by atoms with Crippen LogP contribution in [0.2, 0.25) is 0 Å². The molecule has 0 aliphatic carbocycles. The van der Waals surface area contributed by atoms with Crippen LogP contribution in [0.4, 0.5) is 0 Å². The molecule has 0 N–H and O–H groups in total. The van der Waals surface area contributed by atoms with E-state index >= 15 is 0 Å². The highest BCUT2D eigenvalue weighted by atomic mass is 16.2. The minimum atomic E-state index is -0.499. The van der Waals surface area contributed by atoms with Crippen molar-refractivity contribution in [3.63, 3.8) is 0 Å². The van der Waals surface area contributed by atoms with Crippen molar-refractivity contribution in [3.05, 3.63) is 30.1 Å². The smallest absolute Gasteiger partial charge is 0.286 e. The predicted molar refractivity (Wildman–Crippen MR) is 51.6 cm³/mol. The van der Waals surface area contributed by atoms with Gasteiger partial charge in [-0.15, -0.1) is 0 Å². The van der Waals surface area contributed by atoms with E-state index in [0.29, 0.717) is 19.3 Å². The highest BCUT2D eigenvalue weighted by molar-refractivity contribution is 6.23. The van der Waals surface area contributed by atoms with E-state index in [1.165, 1.54) is 4.90 Å². The SMILES string of the molecule is CN(CCc1ccccn1)C(=O)C=O. The van der Waals surface area contributed by atoms with Gasteiger partial charge in [-0.1, -0.05) is 6.07 Å². The van der Waals surface area contributed by atoms with Crippen molar-refractivity contribution >= 4 is 12.2 Å². The lowest BCUT2D eigenvalue weighted by atomic mass is 10.2. The van der Waals surface area contributed by atoms with Crippen LogP contribution in [0.15, 0.2) is 24.4 Å². The molecule has 1 rings (SSSR count). The number of nitrogens with zero attached hydrogens (tertiary/aromatic N) is 2. The highest BCUT2D eigenvalue weighted by Gasteiger charge is 2.06. The van der Waals surface area contributed by atoms with Gasteiger partial charge in [-0.3, -0.25) is 14.6 Å². The summed E-state index contributed by atoms with van der Waals surface area (Å²) >= 11 is 0. The molecule has 1 heterocycles. The Kier molecular flexibility index (Phi) is 3.79. The number of likely N-dealkylation sites (N-methyl/N-ethyl adjacent to an activating group) is 1. The minimum Gasteiger partial charge on any atom is -0.339 e. The average Bonchev–Trinajstić information content (AvgIpc) is 2.26. The lowest BCUT2D eigenvalue weighted by Crippen LogP contribution is -2.29. The Hall–Kier alpha value is -1.71. The van der Waals surface area contributed by atoms with E-state index in [2.05, 4.69) is 4.98 Å². The van der Waals surface area contributed by atoms with Crippen LogP contribution >= 0.6 is 0 Å². The van der Waals surface area contributed by atoms with Gasteiger partial charge in [-0.25, -0.2) is 0 Å². The lowest BCUT2D eigenvalue weighted by Gasteiger charge is -2.12. The van der Waals surface area contributed by atoms with Crippen LogP contribution in [0.1, 0.15) is 5.69 Å². The Morgan fingerprint density at radius 3 is 2.93 bits per heavy atom. The molecule has 0 spiro atoms. The van der Waals surface area contributed by atoms with E-state index in [1.807, 2.05) is 18.2 Å². The van der Waals surface area contributed by atoms with Crippen LogP contribution < -0.4 is 0 Å². The van der Waals surface area contributed by atoms with Gasteiger partial charge in [0.15, 0.2) is 0 Å². The maximum Gasteiger partial charge on any atom is 0.286 e. The Bertz CT molecular complexity index is 311. The highest BCUT2D eigenvalue weighted by Crippen LogP contribution is 1.95. The second-order valence-corrected chi connectivity index (χ2v) is 2.95. The molecule has 0 fully saturated rings. The molecular weight excluding hydrogens is 180 g/mol. The summed E-state index contributed by atoms with van der Waals surface area (Å²) < 4.78 is 0. The summed E-state index contributed by atoms with van der Waals surface area (Å²) in [7, 11) is 1.60. The van der Waals surface area contributed by atoms with Gasteiger partial charge in [0, 0.05) is 31.9 Å². The number of carbonyl (C=O) groups excluding carboxylic acids is 2. The summed E-state index contributed by atoms with van der Waals surface area (Å²) in [6, 6.07) is 5.62. The molecule has 0 atom stereocenters. The molecule has 74 valence electrons. The molecule has 0 aromatic carbocycles. The number of pyridine rings is 1. The van der Waals surface area contributed by atoms with E-state index in [-0.39, 0.29) is 0 Å². The number of carbonyl (C=O) groups is 2. The quantitative estimate of drug-likeness (QED) is 0.508. The first-order valence-electron chi connectivity index (χ1n) is 4.34. The van der Waals surface area contributed by atoms with Crippen LogP contribution in [-0.2, 0) is 16.0 Å². The zero-order chi connectivity index (χ0) is 10.4. The lowest BCUT2D eigenvalue weighted by molar-refractivity contribution is -0.137. The summed E-state index contributed by atoms with van der Waals surface area (Å²) in [5.74, 6) is -0.499. The molecule has 0 aliphatic rings. The molecule has 1 aromatic rings. The van der Waals surface area contributed by atoms with Gasteiger partial charge >= 0.3 is 0 Å². The first-order chi connectivity index (χ1) is 6.74. The molecule has 14 heavy (non-hydrogen) atoms. The summed E-state index contributed by atoms with van der Waals surface area (Å²) in [6.07, 6.45) is 2.69. The third kappa shape index (κ3) is 2.97. The normalized spacial score (nSPS) is 9.50. The topological polar surface area (TPSA) is 50.3 Å². The van der Waals surface area contributed by atoms with Crippen LogP contribution in [0.25, 0.3) is 0 Å². The maximum absolute atomic E-state index is 10.9.